The molecule has 116 valence electrons. The Morgan fingerprint density at radius 2 is 1.77 bits per heavy atom. The Hall–Kier alpha value is -1.66. The van der Waals surface area contributed by atoms with Crippen LogP contribution < -0.4 is 5.46 Å². The zero-order valence-electron chi connectivity index (χ0n) is 13.6. The molecule has 0 unspecified atom stereocenters. The van der Waals surface area contributed by atoms with Gasteiger partial charge in [-0.05, 0) is 46.8 Å². The minimum atomic E-state index is -0.691. The largest absolute Gasteiger partial charge is 0.497 e. The molecule has 0 N–H and O–H groups in total. The fourth-order valence-electron chi connectivity index (χ4n) is 2.40. The average molecular weight is 302 g/mol. The van der Waals surface area contributed by atoms with E-state index < -0.39 is 18.3 Å². The van der Waals surface area contributed by atoms with Gasteiger partial charge in [0.15, 0.2) is 0 Å². The molecular formula is C16H20BFN2O2. The van der Waals surface area contributed by atoms with Gasteiger partial charge in [0.1, 0.15) is 5.82 Å². The van der Waals surface area contributed by atoms with Crippen LogP contribution in [0.4, 0.5) is 4.39 Å². The van der Waals surface area contributed by atoms with Crippen LogP contribution in [0.1, 0.15) is 33.4 Å². The van der Waals surface area contributed by atoms with Crippen molar-refractivity contribution in [2.45, 2.75) is 45.8 Å². The summed E-state index contributed by atoms with van der Waals surface area (Å²) in [5.74, 6) is -0.345. The minimum absolute atomic E-state index is 0.345. The van der Waals surface area contributed by atoms with Crippen molar-refractivity contribution in [3.05, 3.63) is 42.2 Å². The normalized spacial score (nSPS) is 19.6. The second-order valence-electron chi connectivity index (χ2n) is 6.72. The molecule has 0 amide bonds. The van der Waals surface area contributed by atoms with Crippen LogP contribution in [0.25, 0.3) is 5.69 Å². The number of nitrogens with zero attached hydrogens (tertiary/aromatic N) is 2. The zero-order chi connectivity index (χ0) is 16.1. The van der Waals surface area contributed by atoms with Crippen LogP contribution in [-0.4, -0.2) is 27.9 Å². The number of halogens is 1. The quantitative estimate of drug-likeness (QED) is 0.800. The zero-order valence-corrected chi connectivity index (χ0v) is 13.6. The summed E-state index contributed by atoms with van der Waals surface area (Å²) in [7, 11) is -0.691. The van der Waals surface area contributed by atoms with Gasteiger partial charge >= 0.3 is 7.12 Å². The van der Waals surface area contributed by atoms with E-state index in [1.807, 2.05) is 46.9 Å². The smallest absolute Gasteiger partial charge is 0.399 e. The van der Waals surface area contributed by atoms with Crippen LogP contribution in [0.3, 0.4) is 0 Å². The highest BCUT2D eigenvalue weighted by Crippen LogP contribution is 2.36. The molecule has 1 fully saturated rings. The Morgan fingerprint density at radius 3 is 2.27 bits per heavy atom. The van der Waals surface area contributed by atoms with Crippen LogP contribution in [0.2, 0.25) is 0 Å². The van der Waals surface area contributed by atoms with E-state index in [1.165, 1.54) is 6.07 Å². The summed E-state index contributed by atoms with van der Waals surface area (Å²) in [5, 5.41) is 0. The molecule has 0 spiro atoms. The maximum Gasteiger partial charge on any atom is 0.497 e. The first kappa shape index (κ1) is 15.2. The molecule has 2 aromatic rings. The fourth-order valence-corrected chi connectivity index (χ4v) is 2.40. The third-order valence-electron chi connectivity index (χ3n) is 4.50. The van der Waals surface area contributed by atoms with E-state index in [9.17, 15) is 4.39 Å². The second kappa shape index (κ2) is 4.93. The Balaban J connectivity index is 1.91. The molecule has 1 saturated heterocycles. The van der Waals surface area contributed by atoms with Crippen LogP contribution in [0.5, 0.6) is 0 Å². The maximum atomic E-state index is 14.5. The number of benzene rings is 1. The predicted octanol–water partition coefficient (Wildman–Crippen LogP) is 2.62. The summed E-state index contributed by atoms with van der Waals surface area (Å²) in [4.78, 5) is 4.15. The Bertz CT molecular complexity index is 696. The average Bonchev–Trinajstić information content (AvgIpc) is 2.91. The number of imidazole rings is 1. The van der Waals surface area contributed by atoms with Crippen molar-refractivity contribution >= 4 is 12.6 Å². The molecule has 3 rings (SSSR count). The van der Waals surface area contributed by atoms with Crippen LogP contribution in [0, 0.1) is 12.7 Å². The summed E-state index contributed by atoms with van der Waals surface area (Å²) in [5.41, 5.74) is 1.06. The van der Waals surface area contributed by atoms with Gasteiger partial charge in [-0.1, -0.05) is 6.07 Å². The molecule has 0 bridgehead atoms. The van der Waals surface area contributed by atoms with Gasteiger partial charge in [-0.2, -0.15) is 0 Å². The van der Waals surface area contributed by atoms with Crippen molar-refractivity contribution in [3.8, 4) is 5.69 Å². The number of rotatable bonds is 2. The first-order chi connectivity index (χ1) is 10.2. The van der Waals surface area contributed by atoms with Crippen molar-refractivity contribution in [2.24, 2.45) is 0 Å². The Labute approximate surface area is 130 Å². The van der Waals surface area contributed by atoms with E-state index in [0.717, 1.165) is 11.4 Å². The van der Waals surface area contributed by atoms with Crippen LogP contribution >= 0.6 is 0 Å². The van der Waals surface area contributed by atoms with Gasteiger partial charge in [-0.25, -0.2) is 9.37 Å². The van der Waals surface area contributed by atoms with Gasteiger partial charge < -0.3 is 13.9 Å². The highest BCUT2D eigenvalue weighted by molar-refractivity contribution is 6.62. The molecule has 0 atom stereocenters. The molecule has 22 heavy (non-hydrogen) atoms. The molecule has 1 aliphatic heterocycles. The summed E-state index contributed by atoms with van der Waals surface area (Å²) in [6.45, 7) is 9.70. The van der Waals surface area contributed by atoms with Crippen molar-refractivity contribution in [2.75, 3.05) is 0 Å². The van der Waals surface area contributed by atoms with Crippen molar-refractivity contribution in [1.82, 2.24) is 9.55 Å². The molecule has 1 aliphatic rings. The summed E-state index contributed by atoms with van der Waals surface area (Å²) >= 11 is 0. The first-order valence-electron chi connectivity index (χ1n) is 7.36. The maximum absolute atomic E-state index is 14.5. The minimum Gasteiger partial charge on any atom is -0.399 e. The van der Waals surface area contributed by atoms with E-state index in [1.54, 1.807) is 17.0 Å². The fraction of sp³-hybridized carbons (Fsp3) is 0.438. The highest BCUT2D eigenvalue weighted by atomic mass is 19.1. The predicted molar refractivity (Wildman–Crippen MR) is 84.0 cm³/mol. The van der Waals surface area contributed by atoms with Gasteiger partial charge in [0.25, 0.3) is 0 Å². The molecule has 1 aromatic carbocycles. The van der Waals surface area contributed by atoms with Gasteiger partial charge in [-0.3, -0.25) is 0 Å². The Morgan fingerprint density at radius 1 is 1.14 bits per heavy atom. The van der Waals surface area contributed by atoms with Crippen molar-refractivity contribution in [1.29, 1.82) is 0 Å². The second-order valence-corrected chi connectivity index (χ2v) is 6.72. The standard InChI is InChI=1S/C16H20BFN2O2/c1-11-9-20(10-19-11)12-6-7-13(14(18)8-12)17-21-15(2,3)16(4,5)22-17/h6-10H,1-5H3. The SMILES string of the molecule is Cc1cn(-c2ccc(B3OC(C)(C)C(C)(C)O3)c(F)c2)cn1. The van der Waals surface area contributed by atoms with Crippen molar-refractivity contribution < 1.29 is 13.7 Å². The van der Waals surface area contributed by atoms with Gasteiger partial charge in [-0.15, -0.1) is 0 Å². The summed E-state index contributed by atoms with van der Waals surface area (Å²) in [6.07, 6.45) is 3.52. The molecule has 6 heteroatoms. The Kier molecular flexibility index (Phi) is 3.42. The molecule has 4 nitrogen and oxygen atoms in total. The molecular weight excluding hydrogens is 282 g/mol. The van der Waals surface area contributed by atoms with E-state index >= 15 is 0 Å². The van der Waals surface area contributed by atoms with Crippen LogP contribution in [-0.2, 0) is 9.31 Å². The third-order valence-corrected chi connectivity index (χ3v) is 4.50. The number of aromatic nitrogens is 2. The molecule has 0 saturated carbocycles. The highest BCUT2D eigenvalue weighted by Gasteiger charge is 2.52. The molecule has 0 radical (unpaired) electrons. The van der Waals surface area contributed by atoms with Gasteiger partial charge in [0.2, 0.25) is 0 Å². The van der Waals surface area contributed by atoms with Gasteiger partial charge in [0.05, 0.1) is 23.2 Å². The summed E-state index contributed by atoms with van der Waals surface area (Å²) < 4.78 is 28.1. The monoisotopic (exact) mass is 302 g/mol. The van der Waals surface area contributed by atoms with E-state index in [2.05, 4.69) is 4.98 Å². The molecule has 0 aliphatic carbocycles. The lowest BCUT2D eigenvalue weighted by atomic mass is 9.78. The first-order valence-corrected chi connectivity index (χ1v) is 7.36. The van der Waals surface area contributed by atoms with E-state index in [4.69, 9.17) is 9.31 Å². The summed E-state index contributed by atoms with van der Waals surface area (Å²) in [6, 6.07) is 5.02. The number of aryl methyl sites for hydroxylation is 1. The van der Waals surface area contributed by atoms with Crippen molar-refractivity contribution in [3.63, 3.8) is 0 Å². The van der Waals surface area contributed by atoms with E-state index in [0.29, 0.717) is 5.46 Å². The molecule has 1 aromatic heterocycles. The lowest BCUT2D eigenvalue weighted by Gasteiger charge is -2.32. The molecule has 2 heterocycles. The van der Waals surface area contributed by atoms with Crippen LogP contribution in [0.15, 0.2) is 30.7 Å². The third kappa shape index (κ3) is 2.46. The topological polar surface area (TPSA) is 36.3 Å². The lowest BCUT2D eigenvalue weighted by molar-refractivity contribution is 0.00578. The number of hydrogen-bond donors (Lipinski definition) is 0. The lowest BCUT2D eigenvalue weighted by Crippen LogP contribution is -2.41. The van der Waals surface area contributed by atoms with Gasteiger partial charge in [0, 0.05) is 17.3 Å². The number of hydrogen-bond acceptors (Lipinski definition) is 3. The van der Waals surface area contributed by atoms with E-state index in [-0.39, 0.29) is 5.82 Å².